The number of urea groups is 1. The van der Waals surface area contributed by atoms with Gasteiger partial charge in [0.1, 0.15) is 11.4 Å². The van der Waals surface area contributed by atoms with Crippen LogP contribution < -0.4 is 15.0 Å². The molecule has 0 radical (unpaired) electrons. The van der Waals surface area contributed by atoms with Crippen molar-refractivity contribution in [1.29, 1.82) is 0 Å². The van der Waals surface area contributed by atoms with Gasteiger partial charge < -0.3 is 25.2 Å². The van der Waals surface area contributed by atoms with Crippen LogP contribution in [0.25, 0.3) is 5.57 Å². The summed E-state index contributed by atoms with van der Waals surface area (Å²) in [7, 11) is 1.56. The van der Waals surface area contributed by atoms with Crippen molar-refractivity contribution in [2.24, 2.45) is 0 Å². The molecule has 0 atom stereocenters. The van der Waals surface area contributed by atoms with Crippen molar-refractivity contribution < 1.29 is 37.7 Å². The zero-order valence-electron chi connectivity index (χ0n) is 20.6. The van der Waals surface area contributed by atoms with Crippen LogP contribution in [0.2, 0.25) is 0 Å². The highest BCUT2D eigenvalue weighted by Crippen LogP contribution is 2.43. The third kappa shape index (κ3) is 5.42. The van der Waals surface area contributed by atoms with Crippen molar-refractivity contribution in [1.82, 2.24) is 4.90 Å². The van der Waals surface area contributed by atoms with E-state index < -0.39 is 35.3 Å². The number of ether oxygens (including phenoxy) is 1. The van der Waals surface area contributed by atoms with E-state index in [4.69, 9.17) is 4.74 Å². The predicted octanol–water partition coefficient (Wildman–Crippen LogP) is 4.01. The summed E-state index contributed by atoms with van der Waals surface area (Å²) < 4.78 is 45.3. The van der Waals surface area contributed by atoms with Gasteiger partial charge in [-0.15, -0.1) is 0 Å². The molecule has 3 amide bonds. The van der Waals surface area contributed by atoms with Gasteiger partial charge in [0.2, 0.25) is 5.91 Å². The number of halogens is 3. The van der Waals surface area contributed by atoms with Crippen molar-refractivity contribution in [3.05, 3.63) is 59.2 Å². The van der Waals surface area contributed by atoms with Crippen molar-refractivity contribution in [2.75, 3.05) is 30.5 Å². The highest BCUT2D eigenvalue weighted by molar-refractivity contribution is 6.05. The average Bonchev–Trinajstić information content (AvgIpc) is 2.81. The van der Waals surface area contributed by atoms with E-state index in [1.54, 1.807) is 39.1 Å². The summed E-state index contributed by atoms with van der Waals surface area (Å²) in [6.07, 6.45) is -2.86. The molecular formula is C26H28F3N3O5. The average molecular weight is 520 g/mol. The SMILES string of the molecule is CN1C(=O)N(C(CO)CO)Cc2ccc(NC(=O)C=C3CC(C)(C)Oc4cc(C(F)(F)F)ccc43)cc21. The Morgan fingerprint density at radius 1 is 1.19 bits per heavy atom. The number of alkyl halides is 3. The van der Waals surface area contributed by atoms with Crippen LogP contribution in [0.5, 0.6) is 5.75 Å². The maximum absolute atomic E-state index is 13.2. The molecule has 2 aromatic rings. The molecule has 2 aliphatic rings. The molecule has 0 unspecified atom stereocenters. The standard InChI is InChI=1S/C26H28F3N3O5/c1-25(2)11-16(20-7-5-17(26(27,28)29)9-22(20)37-25)8-23(35)30-18-6-4-15-12-32(19(13-33)14-34)24(36)31(3)21(15)10-18/h4-10,19,33-34H,11-14H2,1-3H3,(H,30,35). The first-order chi connectivity index (χ1) is 17.3. The molecule has 2 heterocycles. The zero-order valence-corrected chi connectivity index (χ0v) is 20.6. The summed E-state index contributed by atoms with van der Waals surface area (Å²) in [5, 5.41) is 21.7. The van der Waals surface area contributed by atoms with E-state index in [9.17, 15) is 33.0 Å². The van der Waals surface area contributed by atoms with Gasteiger partial charge in [-0.1, -0.05) is 12.1 Å². The third-order valence-corrected chi connectivity index (χ3v) is 6.41. The summed E-state index contributed by atoms with van der Waals surface area (Å²) in [6.45, 7) is 2.90. The van der Waals surface area contributed by atoms with Crippen LogP contribution in [-0.2, 0) is 17.5 Å². The molecule has 2 aliphatic heterocycles. The van der Waals surface area contributed by atoms with Crippen LogP contribution in [-0.4, -0.2) is 59.0 Å². The summed E-state index contributed by atoms with van der Waals surface area (Å²) in [6, 6.07) is 7.14. The second kappa shape index (κ2) is 9.71. The highest BCUT2D eigenvalue weighted by atomic mass is 19.4. The van der Waals surface area contributed by atoms with Crippen molar-refractivity contribution in [2.45, 2.75) is 44.6 Å². The summed E-state index contributed by atoms with van der Waals surface area (Å²) in [5.41, 5.74) is 1.07. The van der Waals surface area contributed by atoms with Crippen LogP contribution >= 0.6 is 0 Å². The van der Waals surface area contributed by atoms with Gasteiger partial charge in [-0.05, 0) is 49.2 Å². The Bertz CT molecular complexity index is 1250. The number of benzene rings is 2. The molecule has 0 saturated carbocycles. The summed E-state index contributed by atoms with van der Waals surface area (Å²) in [5.74, 6) is -0.418. The number of carbonyl (C=O) groups is 2. The highest BCUT2D eigenvalue weighted by Gasteiger charge is 2.36. The van der Waals surface area contributed by atoms with E-state index in [1.165, 1.54) is 21.9 Å². The number of nitrogens with zero attached hydrogens (tertiary/aromatic N) is 2. The number of aliphatic hydroxyl groups is 2. The van der Waals surface area contributed by atoms with E-state index in [-0.39, 0.29) is 25.5 Å². The predicted molar refractivity (Wildman–Crippen MR) is 131 cm³/mol. The lowest BCUT2D eigenvalue weighted by Crippen LogP contribution is -2.52. The van der Waals surface area contributed by atoms with Crippen molar-refractivity contribution in [3.63, 3.8) is 0 Å². The molecular weight excluding hydrogens is 491 g/mol. The van der Waals surface area contributed by atoms with Crippen molar-refractivity contribution >= 4 is 28.9 Å². The Balaban J connectivity index is 1.58. The maximum Gasteiger partial charge on any atom is 0.416 e. The number of fused-ring (bicyclic) bond motifs is 2. The molecule has 198 valence electrons. The van der Waals surface area contributed by atoms with E-state index in [0.717, 1.165) is 17.7 Å². The molecule has 0 aliphatic carbocycles. The van der Waals surface area contributed by atoms with E-state index in [2.05, 4.69) is 5.32 Å². The lowest BCUT2D eigenvalue weighted by molar-refractivity contribution is -0.137. The third-order valence-electron chi connectivity index (χ3n) is 6.41. The Morgan fingerprint density at radius 2 is 1.89 bits per heavy atom. The Labute approximate surface area is 211 Å². The van der Waals surface area contributed by atoms with Crippen LogP contribution in [0.4, 0.5) is 29.3 Å². The Kier molecular flexibility index (Phi) is 6.95. The van der Waals surface area contributed by atoms with Crippen LogP contribution in [0.3, 0.4) is 0 Å². The minimum absolute atomic E-state index is 0.0626. The maximum atomic E-state index is 13.2. The molecule has 2 aromatic carbocycles. The van der Waals surface area contributed by atoms with Gasteiger partial charge in [0, 0.05) is 37.3 Å². The summed E-state index contributed by atoms with van der Waals surface area (Å²) >= 11 is 0. The van der Waals surface area contributed by atoms with E-state index >= 15 is 0 Å². The quantitative estimate of drug-likeness (QED) is 0.518. The van der Waals surface area contributed by atoms with Crippen LogP contribution in [0.1, 0.15) is 37.0 Å². The fraction of sp³-hybridized carbons (Fsp3) is 0.385. The van der Waals surface area contributed by atoms with Crippen LogP contribution in [0.15, 0.2) is 42.5 Å². The molecule has 0 aromatic heterocycles. The minimum atomic E-state index is -4.52. The molecule has 4 rings (SSSR count). The van der Waals surface area contributed by atoms with Crippen LogP contribution in [0, 0.1) is 0 Å². The molecule has 37 heavy (non-hydrogen) atoms. The number of hydrogen-bond acceptors (Lipinski definition) is 5. The lowest BCUT2D eigenvalue weighted by atomic mass is 9.88. The van der Waals surface area contributed by atoms with Gasteiger partial charge in [0.25, 0.3) is 0 Å². The second-order valence-corrected chi connectivity index (χ2v) is 9.74. The number of aliphatic hydroxyl groups excluding tert-OH is 2. The molecule has 3 N–H and O–H groups in total. The van der Waals surface area contributed by atoms with Gasteiger partial charge in [0.05, 0.1) is 30.5 Å². The topological polar surface area (TPSA) is 102 Å². The molecule has 11 heteroatoms. The number of nitrogens with one attached hydrogen (secondary N) is 1. The van der Waals surface area contributed by atoms with Gasteiger partial charge in [-0.3, -0.25) is 9.69 Å². The largest absolute Gasteiger partial charge is 0.487 e. The normalized spacial score (nSPS) is 18.0. The number of rotatable bonds is 5. The van der Waals surface area contributed by atoms with Gasteiger partial charge in [0.15, 0.2) is 0 Å². The molecule has 0 bridgehead atoms. The molecule has 0 saturated heterocycles. The van der Waals surface area contributed by atoms with Gasteiger partial charge in [-0.2, -0.15) is 13.2 Å². The zero-order chi connectivity index (χ0) is 27.1. The second-order valence-electron chi connectivity index (χ2n) is 9.74. The first kappa shape index (κ1) is 26.5. The fourth-order valence-corrected chi connectivity index (χ4v) is 4.58. The number of anilines is 2. The van der Waals surface area contributed by atoms with E-state index in [1.807, 2.05) is 0 Å². The fourth-order valence-electron chi connectivity index (χ4n) is 4.58. The monoisotopic (exact) mass is 519 g/mol. The summed E-state index contributed by atoms with van der Waals surface area (Å²) in [4.78, 5) is 28.4. The van der Waals surface area contributed by atoms with Crippen molar-refractivity contribution in [3.8, 4) is 5.75 Å². The Hall–Kier alpha value is -3.57. The number of hydrogen-bond donors (Lipinski definition) is 3. The van der Waals surface area contributed by atoms with E-state index in [0.29, 0.717) is 28.9 Å². The molecule has 0 spiro atoms. The smallest absolute Gasteiger partial charge is 0.416 e. The number of carbonyl (C=O) groups excluding carboxylic acids is 2. The Morgan fingerprint density at radius 3 is 2.54 bits per heavy atom. The van der Waals surface area contributed by atoms with Gasteiger partial charge >= 0.3 is 12.2 Å². The minimum Gasteiger partial charge on any atom is -0.487 e. The van der Waals surface area contributed by atoms with Gasteiger partial charge in [-0.25, -0.2) is 4.79 Å². The molecule has 0 fully saturated rings. The first-order valence-corrected chi connectivity index (χ1v) is 11.6. The lowest BCUT2D eigenvalue weighted by Gasteiger charge is -2.38. The molecule has 8 nitrogen and oxygen atoms in total. The number of amides is 3. The first-order valence-electron chi connectivity index (χ1n) is 11.6.